The van der Waals surface area contributed by atoms with E-state index in [9.17, 15) is 8.78 Å². The van der Waals surface area contributed by atoms with Crippen molar-refractivity contribution in [1.29, 1.82) is 0 Å². The zero-order valence-corrected chi connectivity index (χ0v) is 10.8. The Kier molecular flexibility index (Phi) is 4.20. The SMILES string of the molecule is FC(F)Oc1ccc(CBr)cc1OCC1CC1. The Labute approximate surface area is 107 Å². The maximum Gasteiger partial charge on any atom is 0.387 e. The van der Waals surface area contributed by atoms with Crippen molar-refractivity contribution >= 4 is 15.9 Å². The lowest BCUT2D eigenvalue weighted by Crippen LogP contribution is -2.06. The smallest absolute Gasteiger partial charge is 0.387 e. The van der Waals surface area contributed by atoms with E-state index in [2.05, 4.69) is 20.7 Å². The second kappa shape index (κ2) is 5.67. The van der Waals surface area contributed by atoms with Crippen LogP contribution in [0, 0.1) is 5.92 Å². The lowest BCUT2D eigenvalue weighted by molar-refractivity contribution is -0.0515. The van der Waals surface area contributed by atoms with E-state index >= 15 is 0 Å². The molecule has 0 amide bonds. The number of rotatable bonds is 6. The first-order chi connectivity index (χ1) is 8.19. The Bertz CT molecular complexity index is 381. The minimum absolute atomic E-state index is 0.102. The molecule has 1 aliphatic carbocycles. The van der Waals surface area contributed by atoms with Crippen molar-refractivity contribution in [3.63, 3.8) is 0 Å². The summed E-state index contributed by atoms with van der Waals surface area (Å²) >= 11 is 3.31. The van der Waals surface area contributed by atoms with Gasteiger partial charge in [-0.25, -0.2) is 0 Å². The van der Waals surface area contributed by atoms with Crippen LogP contribution in [0.2, 0.25) is 0 Å². The van der Waals surface area contributed by atoms with Crippen LogP contribution < -0.4 is 9.47 Å². The summed E-state index contributed by atoms with van der Waals surface area (Å²) in [6.45, 7) is -2.25. The molecule has 0 spiro atoms. The average molecular weight is 307 g/mol. The van der Waals surface area contributed by atoms with Crippen LogP contribution in [0.25, 0.3) is 0 Å². The van der Waals surface area contributed by atoms with Gasteiger partial charge in [0, 0.05) is 5.33 Å². The fourth-order valence-corrected chi connectivity index (χ4v) is 1.78. The van der Waals surface area contributed by atoms with Gasteiger partial charge in [0.2, 0.25) is 0 Å². The van der Waals surface area contributed by atoms with Gasteiger partial charge in [0.15, 0.2) is 11.5 Å². The van der Waals surface area contributed by atoms with Crippen molar-refractivity contribution in [2.75, 3.05) is 6.61 Å². The summed E-state index contributed by atoms with van der Waals surface area (Å²) in [5, 5.41) is 0.655. The van der Waals surface area contributed by atoms with Crippen LogP contribution in [-0.2, 0) is 5.33 Å². The monoisotopic (exact) mass is 306 g/mol. The lowest BCUT2D eigenvalue weighted by Gasteiger charge is -2.12. The Hall–Kier alpha value is -0.840. The van der Waals surface area contributed by atoms with Crippen molar-refractivity contribution in [1.82, 2.24) is 0 Å². The van der Waals surface area contributed by atoms with Crippen molar-refractivity contribution in [3.05, 3.63) is 23.8 Å². The molecule has 2 rings (SSSR count). The Balaban J connectivity index is 2.10. The highest BCUT2D eigenvalue weighted by Gasteiger charge is 2.23. The molecule has 0 N–H and O–H groups in total. The summed E-state index contributed by atoms with van der Waals surface area (Å²) in [6.07, 6.45) is 2.31. The van der Waals surface area contributed by atoms with E-state index in [1.54, 1.807) is 12.1 Å². The molecule has 0 aliphatic heterocycles. The van der Waals surface area contributed by atoms with Gasteiger partial charge in [0.1, 0.15) is 0 Å². The van der Waals surface area contributed by atoms with Gasteiger partial charge >= 0.3 is 6.61 Å². The number of benzene rings is 1. The van der Waals surface area contributed by atoms with Gasteiger partial charge in [0.05, 0.1) is 6.61 Å². The van der Waals surface area contributed by atoms with Crippen molar-refractivity contribution in [3.8, 4) is 11.5 Å². The fraction of sp³-hybridized carbons (Fsp3) is 0.500. The molecule has 1 fully saturated rings. The third-order valence-corrected chi connectivity index (χ3v) is 3.20. The highest BCUT2D eigenvalue weighted by atomic mass is 79.9. The van der Waals surface area contributed by atoms with Crippen LogP contribution in [0.4, 0.5) is 8.78 Å². The first-order valence-electron chi connectivity index (χ1n) is 5.45. The Morgan fingerprint density at radius 3 is 2.65 bits per heavy atom. The molecular weight excluding hydrogens is 294 g/mol. The summed E-state index contributed by atoms with van der Waals surface area (Å²) in [5.41, 5.74) is 0.970. The van der Waals surface area contributed by atoms with E-state index < -0.39 is 6.61 Å². The molecule has 0 aromatic heterocycles. The zero-order chi connectivity index (χ0) is 12.3. The number of halogens is 3. The predicted octanol–water partition coefficient (Wildman–Crippen LogP) is 3.97. The topological polar surface area (TPSA) is 18.5 Å². The maximum absolute atomic E-state index is 12.2. The second-order valence-electron chi connectivity index (χ2n) is 4.05. The van der Waals surface area contributed by atoms with E-state index in [1.807, 2.05) is 0 Å². The quantitative estimate of drug-likeness (QED) is 0.740. The third-order valence-electron chi connectivity index (χ3n) is 2.55. The molecule has 0 bridgehead atoms. The predicted molar refractivity (Wildman–Crippen MR) is 63.9 cm³/mol. The second-order valence-corrected chi connectivity index (χ2v) is 4.61. The summed E-state index contributed by atoms with van der Waals surface area (Å²) in [6, 6.07) is 4.98. The van der Waals surface area contributed by atoms with Crippen LogP contribution in [0.3, 0.4) is 0 Å². The number of ether oxygens (including phenoxy) is 2. The highest BCUT2D eigenvalue weighted by Crippen LogP contribution is 2.34. The molecule has 1 aliphatic rings. The van der Waals surface area contributed by atoms with Gasteiger partial charge in [-0.15, -0.1) is 0 Å². The number of alkyl halides is 3. The first-order valence-corrected chi connectivity index (χ1v) is 6.57. The maximum atomic E-state index is 12.2. The minimum Gasteiger partial charge on any atom is -0.489 e. The molecule has 2 nitrogen and oxygen atoms in total. The highest BCUT2D eigenvalue weighted by molar-refractivity contribution is 9.08. The molecule has 1 aromatic carbocycles. The molecule has 0 unspecified atom stereocenters. The number of hydrogen-bond donors (Lipinski definition) is 0. The van der Waals surface area contributed by atoms with Gasteiger partial charge in [-0.1, -0.05) is 22.0 Å². The van der Waals surface area contributed by atoms with Crippen LogP contribution in [0.15, 0.2) is 18.2 Å². The molecule has 0 heterocycles. The Morgan fingerprint density at radius 1 is 1.29 bits per heavy atom. The molecular formula is C12H13BrF2O2. The van der Waals surface area contributed by atoms with E-state index in [4.69, 9.17) is 4.74 Å². The normalized spacial score (nSPS) is 15.1. The van der Waals surface area contributed by atoms with Gasteiger partial charge in [0.25, 0.3) is 0 Å². The average Bonchev–Trinajstić information content (AvgIpc) is 3.11. The molecule has 1 aromatic rings. The van der Waals surface area contributed by atoms with Gasteiger partial charge in [-0.2, -0.15) is 8.78 Å². The first kappa shape index (κ1) is 12.6. The van der Waals surface area contributed by atoms with E-state index in [1.165, 1.54) is 6.07 Å². The molecule has 0 saturated heterocycles. The molecule has 1 saturated carbocycles. The number of hydrogen-bond acceptors (Lipinski definition) is 2. The molecule has 0 radical (unpaired) electrons. The fourth-order valence-electron chi connectivity index (χ4n) is 1.43. The minimum atomic E-state index is -2.83. The van der Waals surface area contributed by atoms with E-state index in [0.717, 1.165) is 18.4 Å². The van der Waals surface area contributed by atoms with Crippen LogP contribution in [0.1, 0.15) is 18.4 Å². The molecule has 94 valence electrons. The summed E-state index contributed by atoms with van der Waals surface area (Å²) in [5.74, 6) is 1.07. The standard InChI is InChI=1S/C12H13BrF2O2/c13-6-9-3-4-10(17-12(14)15)11(5-9)16-7-8-1-2-8/h3-5,8,12H,1-2,6-7H2. The van der Waals surface area contributed by atoms with Crippen molar-refractivity contribution < 1.29 is 18.3 Å². The van der Waals surface area contributed by atoms with E-state index in [0.29, 0.717) is 23.6 Å². The zero-order valence-electron chi connectivity index (χ0n) is 9.17. The molecule has 0 atom stereocenters. The summed E-state index contributed by atoms with van der Waals surface area (Å²) < 4.78 is 34.4. The largest absolute Gasteiger partial charge is 0.489 e. The molecule has 5 heteroatoms. The van der Waals surface area contributed by atoms with Crippen molar-refractivity contribution in [2.24, 2.45) is 5.92 Å². The summed E-state index contributed by atoms with van der Waals surface area (Å²) in [4.78, 5) is 0. The molecule has 17 heavy (non-hydrogen) atoms. The van der Waals surface area contributed by atoms with Gasteiger partial charge in [-0.05, 0) is 36.5 Å². The van der Waals surface area contributed by atoms with Gasteiger partial charge < -0.3 is 9.47 Å². The Morgan fingerprint density at radius 2 is 2.06 bits per heavy atom. The van der Waals surface area contributed by atoms with Crippen LogP contribution >= 0.6 is 15.9 Å². The lowest BCUT2D eigenvalue weighted by atomic mass is 10.2. The van der Waals surface area contributed by atoms with Crippen LogP contribution in [-0.4, -0.2) is 13.2 Å². The van der Waals surface area contributed by atoms with E-state index in [-0.39, 0.29) is 5.75 Å². The van der Waals surface area contributed by atoms with Crippen LogP contribution in [0.5, 0.6) is 11.5 Å². The van der Waals surface area contributed by atoms with Crippen molar-refractivity contribution in [2.45, 2.75) is 24.8 Å². The third kappa shape index (κ3) is 3.84. The summed E-state index contributed by atoms with van der Waals surface area (Å²) in [7, 11) is 0. The van der Waals surface area contributed by atoms with Gasteiger partial charge in [-0.3, -0.25) is 0 Å².